The number of anilines is 1. The maximum absolute atomic E-state index is 12.6. The highest BCUT2D eigenvalue weighted by atomic mass is 19.4. The molecule has 0 bridgehead atoms. The summed E-state index contributed by atoms with van der Waals surface area (Å²) >= 11 is 0. The Bertz CT molecular complexity index is 530. The van der Waals surface area contributed by atoms with Crippen LogP contribution in [0.15, 0.2) is 24.3 Å². The molecular weight excluding hydrogens is 287 g/mol. The smallest absolute Gasteiger partial charge is 0.352 e. The number of hydrogen-bond donors (Lipinski definition) is 3. The van der Waals surface area contributed by atoms with Crippen molar-refractivity contribution in [1.29, 1.82) is 0 Å². The van der Waals surface area contributed by atoms with Gasteiger partial charge in [0, 0.05) is 5.69 Å². The highest BCUT2D eigenvalue weighted by Gasteiger charge is 2.31. The molecule has 116 valence electrons. The summed E-state index contributed by atoms with van der Waals surface area (Å²) in [7, 11) is 0. The number of hydrogen-bond acceptors (Lipinski definition) is 2. The first kappa shape index (κ1) is 16.8. The highest BCUT2D eigenvalue weighted by molar-refractivity contribution is 5.97. The second-order valence-corrected chi connectivity index (χ2v) is 4.80. The number of primary amides is 1. The van der Waals surface area contributed by atoms with Gasteiger partial charge >= 0.3 is 12.2 Å². The summed E-state index contributed by atoms with van der Waals surface area (Å²) in [6.45, 7) is 3.35. The third kappa shape index (κ3) is 4.97. The first-order chi connectivity index (χ1) is 9.61. The van der Waals surface area contributed by atoms with E-state index in [1.807, 2.05) is 0 Å². The van der Waals surface area contributed by atoms with Crippen LogP contribution in [0.25, 0.3) is 0 Å². The number of benzene rings is 1. The van der Waals surface area contributed by atoms with Gasteiger partial charge in [0.15, 0.2) is 0 Å². The number of rotatable bonds is 4. The average Bonchev–Trinajstić information content (AvgIpc) is 2.34. The molecule has 0 radical (unpaired) electrons. The fourth-order valence-electron chi connectivity index (χ4n) is 1.68. The van der Waals surface area contributed by atoms with E-state index in [4.69, 9.17) is 5.73 Å². The quantitative estimate of drug-likeness (QED) is 0.797. The number of urea groups is 1. The van der Waals surface area contributed by atoms with E-state index in [0.717, 1.165) is 12.1 Å². The molecule has 0 spiro atoms. The molecule has 0 unspecified atom stereocenters. The molecule has 0 fully saturated rings. The molecule has 4 N–H and O–H groups in total. The van der Waals surface area contributed by atoms with Crippen LogP contribution in [0.4, 0.5) is 23.7 Å². The predicted octanol–water partition coefficient (Wildman–Crippen LogP) is 2.34. The van der Waals surface area contributed by atoms with E-state index >= 15 is 0 Å². The van der Waals surface area contributed by atoms with Crippen LogP contribution >= 0.6 is 0 Å². The number of amides is 3. The minimum atomic E-state index is -4.50. The van der Waals surface area contributed by atoms with E-state index in [2.05, 4.69) is 10.6 Å². The van der Waals surface area contributed by atoms with Crippen LogP contribution in [0.1, 0.15) is 19.4 Å². The highest BCUT2D eigenvalue weighted by Crippen LogP contribution is 2.30. The molecule has 0 aromatic heterocycles. The zero-order valence-electron chi connectivity index (χ0n) is 11.5. The van der Waals surface area contributed by atoms with E-state index in [0.29, 0.717) is 0 Å². The molecule has 5 nitrogen and oxygen atoms in total. The van der Waals surface area contributed by atoms with Crippen molar-refractivity contribution >= 4 is 17.6 Å². The summed E-state index contributed by atoms with van der Waals surface area (Å²) in [5.41, 5.74) is 4.09. The molecule has 0 aliphatic rings. The predicted molar refractivity (Wildman–Crippen MR) is 71.4 cm³/mol. The van der Waals surface area contributed by atoms with Gasteiger partial charge < -0.3 is 16.4 Å². The molecule has 8 heteroatoms. The summed E-state index contributed by atoms with van der Waals surface area (Å²) in [5.74, 6) is -0.911. The Morgan fingerprint density at radius 3 is 2.33 bits per heavy atom. The molecule has 1 atom stereocenters. The standard InChI is InChI=1S/C13H16F3N3O2/c1-7(2)10(19-12(17)21)11(20)18-9-5-3-4-8(6-9)13(14,15)16/h3-7,10H,1-2H3,(H,18,20)(H3,17,19,21)/t10-/m0/s1. The van der Waals surface area contributed by atoms with Crippen LogP contribution in [0.2, 0.25) is 0 Å². The maximum Gasteiger partial charge on any atom is 0.416 e. The third-order valence-corrected chi connectivity index (χ3v) is 2.70. The molecule has 1 rings (SSSR count). The Kier molecular flexibility index (Phi) is 5.17. The van der Waals surface area contributed by atoms with Crippen molar-refractivity contribution < 1.29 is 22.8 Å². The fraction of sp³-hybridized carbons (Fsp3) is 0.385. The Morgan fingerprint density at radius 1 is 1.24 bits per heavy atom. The van der Waals surface area contributed by atoms with Crippen LogP contribution in [0.3, 0.4) is 0 Å². The van der Waals surface area contributed by atoms with E-state index < -0.39 is 29.7 Å². The zero-order valence-corrected chi connectivity index (χ0v) is 11.5. The molecule has 3 amide bonds. The molecule has 21 heavy (non-hydrogen) atoms. The van der Waals surface area contributed by atoms with Crippen molar-refractivity contribution in [2.75, 3.05) is 5.32 Å². The molecule has 1 aromatic rings. The van der Waals surface area contributed by atoms with Crippen molar-refractivity contribution in [1.82, 2.24) is 5.32 Å². The van der Waals surface area contributed by atoms with Gasteiger partial charge in [-0.25, -0.2) is 4.79 Å². The van der Waals surface area contributed by atoms with Crippen LogP contribution in [-0.4, -0.2) is 18.0 Å². The maximum atomic E-state index is 12.6. The largest absolute Gasteiger partial charge is 0.416 e. The van der Waals surface area contributed by atoms with Crippen molar-refractivity contribution in [2.24, 2.45) is 11.7 Å². The van der Waals surface area contributed by atoms with Gasteiger partial charge in [0.2, 0.25) is 5.91 Å². The molecule has 0 aliphatic heterocycles. The Balaban J connectivity index is 2.89. The second-order valence-electron chi connectivity index (χ2n) is 4.80. The summed E-state index contributed by atoms with van der Waals surface area (Å²) in [4.78, 5) is 22.8. The number of halogens is 3. The van der Waals surface area contributed by atoms with Crippen LogP contribution in [0, 0.1) is 5.92 Å². The molecule has 0 aliphatic carbocycles. The normalized spacial score (nSPS) is 12.9. The van der Waals surface area contributed by atoms with Crippen LogP contribution in [-0.2, 0) is 11.0 Å². The lowest BCUT2D eigenvalue weighted by Crippen LogP contribution is -2.49. The minimum Gasteiger partial charge on any atom is -0.352 e. The van der Waals surface area contributed by atoms with Gasteiger partial charge in [0.1, 0.15) is 6.04 Å². The van der Waals surface area contributed by atoms with E-state index in [1.165, 1.54) is 12.1 Å². The monoisotopic (exact) mass is 303 g/mol. The first-order valence-corrected chi connectivity index (χ1v) is 6.15. The number of carbonyl (C=O) groups excluding carboxylic acids is 2. The van der Waals surface area contributed by atoms with Gasteiger partial charge in [-0.2, -0.15) is 13.2 Å². The topological polar surface area (TPSA) is 84.2 Å². The van der Waals surface area contributed by atoms with Crippen LogP contribution in [0.5, 0.6) is 0 Å². The number of carbonyl (C=O) groups is 2. The van der Waals surface area contributed by atoms with E-state index in [9.17, 15) is 22.8 Å². The molecular formula is C13H16F3N3O2. The molecule has 0 saturated heterocycles. The summed E-state index contributed by atoms with van der Waals surface area (Å²) in [6.07, 6.45) is -4.50. The summed E-state index contributed by atoms with van der Waals surface area (Å²) in [6, 6.07) is 2.42. The summed E-state index contributed by atoms with van der Waals surface area (Å²) < 4.78 is 37.7. The second kappa shape index (κ2) is 6.47. The fourth-order valence-corrected chi connectivity index (χ4v) is 1.68. The molecule has 0 saturated carbocycles. The van der Waals surface area contributed by atoms with Crippen molar-refractivity contribution in [2.45, 2.75) is 26.1 Å². The Hall–Kier alpha value is -2.25. The lowest BCUT2D eigenvalue weighted by molar-refractivity contribution is -0.137. The van der Waals surface area contributed by atoms with Crippen molar-refractivity contribution in [3.05, 3.63) is 29.8 Å². The first-order valence-electron chi connectivity index (χ1n) is 6.15. The van der Waals surface area contributed by atoms with Gasteiger partial charge in [0.05, 0.1) is 5.56 Å². The molecule has 0 heterocycles. The Morgan fingerprint density at radius 2 is 1.86 bits per heavy atom. The van der Waals surface area contributed by atoms with Crippen molar-refractivity contribution in [3.63, 3.8) is 0 Å². The number of nitrogens with one attached hydrogen (secondary N) is 2. The average molecular weight is 303 g/mol. The SMILES string of the molecule is CC(C)[C@H](NC(N)=O)C(=O)Nc1cccc(C(F)(F)F)c1. The van der Waals surface area contributed by atoms with E-state index in [-0.39, 0.29) is 11.6 Å². The van der Waals surface area contributed by atoms with Crippen LogP contribution < -0.4 is 16.4 Å². The van der Waals surface area contributed by atoms with Gasteiger partial charge in [-0.3, -0.25) is 4.79 Å². The van der Waals surface area contributed by atoms with Crippen molar-refractivity contribution in [3.8, 4) is 0 Å². The third-order valence-electron chi connectivity index (χ3n) is 2.70. The Labute approximate surface area is 119 Å². The lowest BCUT2D eigenvalue weighted by Gasteiger charge is -2.20. The zero-order chi connectivity index (χ0) is 16.2. The van der Waals surface area contributed by atoms with Gasteiger partial charge in [-0.15, -0.1) is 0 Å². The van der Waals surface area contributed by atoms with Gasteiger partial charge in [-0.1, -0.05) is 19.9 Å². The lowest BCUT2D eigenvalue weighted by atomic mass is 10.0. The molecule has 1 aromatic carbocycles. The number of nitrogens with two attached hydrogens (primary N) is 1. The summed E-state index contributed by atoms with van der Waals surface area (Å²) in [5, 5.41) is 4.58. The van der Waals surface area contributed by atoms with Gasteiger partial charge in [0.25, 0.3) is 0 Å². The van der Waals surface area contributed by atoms with E-state index in [1.54, 1.807) is 13.8 Å². The minimum absolute atomic E-state index is 0.00764. The van der Waals surface area contributed by atoms with Gasteiger partial charge in [-0.05, 0) is 24.1 Å². The number of alkyl halides is 3.